The number of nitrogens with one attached hydrogen (secondary N) is 1. The summed E-state index contributed by atoms with van der Waals surface area (Å²) in [6.07, 6.45) is 4.99. The molecule has 0 aliphatic rings. The van der Waals surface area contributed by atoms with E-state index < -0.39 is 5.97 Å². The first-order valence-corrected chi connectivity index (χ1v) is 8.38. The maximum absolute atomic E-state index is 12.5. The molecule has 0 radical (unpaired) electrons. The summed E-state index contributed by atoms with van der Waals surface area (Å²) in [5, 5.41) is 13.2. The highest BCUT2D eigenvalue weighted by atomic mass is 16.5. The molecule has 1 N–H and O–H groups in total. The van der Waals surface area contributed by atoms with Crippen molar-refractivity contribution >= 4 is 23.2 Å². The number of carbonyl (C=O) groups is 2. The molecule has 3 aromatic heterocycles. The molecule has 4 rings (SSSR count). The van der Waals surface area contributed by atoms with Crippen LogP contribution >= 0.6 is 0 Å². The Hall–Kier alpha value is -4.08. The number of pyridine rings is 1. The molecule has 10 nitrogen and oxygen atoms in total. The summed E-state index contributed by atoms with van der Waals surface area (Å²) in [6.45, 7) is -0.0505. The number of tetrazole rings is 1. The lowest BCUT2D eigenvalue weighted by atomic mass is 10.2. The third-order valence-electron chi connectivity index (χ3n) is 3.88. The highest BCUT2D eigenvalue weighted by Gasteiger charge is 2.15. The van der Waals surface area contributed by atoms with Gasteiger partial charge in [-0.15, -0.1) is 5.10 Å². The van der Waals surface area contributed by atoms with Gasteiger partial charge in [0.25, 0.3) is 0 Å². The average molecular weight is 377 g/mol. The zero-order chi connectivity index (χ0) is 19.3. The summed E-state index contributed by atoms with van der Waals surface area (Å²) in [6, 6.07) is 12.2. The fourth-order valence-corrected chi connectivity index (χ4v) is 2.63. The first-order valence-electron chi connectivity index (χ1n) is 8.38. The molecule has 0 aliphatic heterocycles. The predicted molar refractivity (Wildman–Crippen MR) is 97.2 cm³/mol. The zero-order valence-corrected chi connectivity index (χ0v) is 14.6. The van der Waals surface area contributed by atoms with Crippen LogP contribution < -0.4 is 5.32 Å². The van der Waals surface area contributed by atoms with E-state index in [4.69, 9.17) is 4.74 Å². The average Bonchev–Trinajstić information content (AvgIpc) is 3.35. The highest BCUT2D eigenvalue weighted by molar-refractivity contribution is 6.01. The normalized spacial score (nSPS) is 10.7. The van der Waals surface area contributed by atoms with Gasteiger partial charge < -0.3 is 14.5 Å². The molecule has 0 saturated carbocycles. The van der Waals surface area contributed by atoms with Gasteiger partial charge in [0.1, 0.15) is 25.1 Å². The molecule has 3 heterocycles. The van der Waals surface area contributed by atoms with E-state index in [9.17, 15) is 9.59 Å². The maximum Gasteiger partial charge on any atom is 0.340 e. The molecule has 10 heteroatoms. The number of esters is 1. The second-order valence-corrected chi connectivity index (χ2v) is 5.88. The number of ether oxygens (including phenoxy) is 1. The van der Waals surface area contributed by atoms with Crippen molar-refractivity contribution in [3.63, 3.8) is 0 Å². The third kappa shape index (κ3) is 3.85. The topological polar surface area (TPSA) is 116 Å². The number of anilines is 1. The lowest BCUT2D eigenvalue weighted by Gasteiger charge is -2.10. The summed E-state index contributed by atoms with van der Waals surface area (Å²) in [5.74, 6) is -0.928. The number of hydrogen-bond acceptors (Lipinski definition) is 7. The van der Waals surface area contributed by atoms with Crippen LogP contribution in [-0.2, 0) is 22.7 Å². The second kappa shape index (κ2) is 7.66. The van der Waals surface area contributed by atoms with Gasteiger partial charge in [0.05, 0.1) is 16.9 Å². The van der Waals surface area contributed by atoms with Crippen molar-refractivity contribution in [2.45, 2.75) is 13.2 Å². The van der Waals surface area contributed by atoms with Crippen LogP contribution in [0.25, 0.3) is 5.65 Å². The number of nitrogens with zero attached hydrogens (tertiary/aromatic N) is 6. The van der Waals surface area contributed by atoms with Crippen molar-refractivity contribution < 1.29 is 14.3 Å². The van der Waals surface area contributed by atoms with Crippen molar-refractivity contribution in [3.8, 4) is 0 Å². The Morgan fingerprint density at radius 2 is 1.96 bits per heavy atom. The monoisotopic (exact) mass is 377 g/mol. The Kier molecular flexibility index (Phi) is 4.74. The number of hydrogen-bond donors (Lipinski definition) is 1. The van der Waals surface area contributed by atoms with Crippen LogP contribution in [0.15, 0.2) is 61.2 Å². The fourth-order valence-electron chi connectivity index (χ4n) is 2.63. The Morgan fingerprint density at radius 1 is 1.11 bits per heavy atom. The molecule has 1 amide bonds. The zero-order valence-electron chi connectivity index (χ0n) is 14.6. The van der Waals surface area contributed by atoms with Crippen LogP contribution in [0.2, 0.25) is 0 Å². The van der Waals surface area contributed by atoms with Gasteiger partial charge in [-0.1, -0.05) is 18.2 Å². The van der Waals surface area contributed by atoms with E-state index in [1.54, 1.807) is 30.5 Å². The molecule has 0 atom stereocenters. The van der Waals surface area contributed by atoms with Gasteiger partial charge in [-0.05, 0) is 34.7 Å². The van der Waals surface area contributed by atoms with E-state index in [-0.39, 0.29) is 24.6 Å². The fraction of sp³-hybridized carbons (Fsp3) is 0.111. The smallest absolute Gasteiger partial charge is 0.340 e. The van der Waals surface area contributed by atoms with Crippen LogP contribution in [0.5, 0.6) is 0 Å². The lowest BCUT2D eigenvalue weighted by molar-refractivity contribution is -0.116. The van der Waals surface area contributed by atoms with E-state index in [0.717, 1.165) is 5.65 Å². The number of amides is 1. The molecule has 4 aromatic rings. The minimum absolute atomic E-state index is 0.0213. The van der Waals surface area contributed by atoms with Crippen LogP contribution in [0.3, 0.4) is 0 Å². The lowest BCUT2D eigenvalue weighted by Crippen LogP contribution is -2.21. The number of para-hydroxylation sites is 1. The van der Waals surface area contributed by atoms with Crippen LogP contribution in [0.4, 0.5) is 5.69 Å². The van der Waals surface area contributed by atoms with Crippen molar-refractivity contribution in [3.05, 3.63) is 72.4 Å². The first-order chi connectivity index (χ1) is 13.7. The number of aromatic nitrogens is 6. The largest absolute Gasteiger partial charge is 0.455 e. The van der Waals surface area contributed by atoms with Gasteiger partial charge >= 0.3 is 5.97 Å². The molecular weight excluding hydrogens is 362 g/mol. The van der Waals surface area contributed by atoms with Crippen LogP contribution in [-0.4, -0.2) is 41.5 Å². The van der Waals surface area contributed by atoms with Gasteiger partial charge in [0.2, 0.25) is 5.91 Å². The van der Waals surface area contributed by atoms with Gasteiger partial charge in [-0.25, -0.2) is 14.5 Å². The van der Waals surface area contributed by atoms with Crippen molar-refractivity contribution in [2.75, 3.05) is 5.32 Å². The highest BCUT2D eigenvalue weighted by Crippen LogP contribution is 2.17. The van der Waals surface area contributed by atoms with Crippen molar-refractivity contribution in [1.82, 2.24) is 29.6 Å². The summed E-state index contributed by atoms with van der Waals surface area (Å²) >= 11 is 0. The van der Waals surface area contributed by atoms with Crippen molar-refractivity contribution in [2.24, 2.45) is 0 Å². The quantitative estimate of drug-likeness (QED) is 0.504. The molecule has 140 valence electrons. The third-order valence-corrected chi connectivity index (χ3v) is 3.88. The van der Waals surface area contributed by atoms with Crippen LogP contribution in [0, 0.1) is 0 Å². The summed E-state index contributed by atoms with van der Waals surface area (Å²) in [4.78, 5) is 29.0. The molecule has 0 saturated heterocycles. The maximum atomic E-state index is 12.5. The molecular formula is C18H15N7O3. The molecule has 28 heavy (non-hydrogen) atoms. The molecule has 0 aliphatic carbocycles. The SMILES string of the molecule is O=C(Cn1cnnn1)Nc1ccccc1C(=O)OCc1cn2ccccc2n1. The van der Waals surface area contributed by atoms with E-state index in [0.29, 0.717) is 11.4 Å². The Labute approximate surface area is 158 Å². The summed E-state index contributed by atoms with van der Waals surface area (Å²) in [7, 11) is 0. The van der Waals surface area contributed by atoms with E-state index >= 15 is 0 Å². The molecule has 0 fully saturated rings. The number of fused-ring (bicyclic) bond motifs is 1. The Balaban J connectivity index is 1.43. The summed E-state index contributed by atoms with van der Waals surface area (Å²) < 4.78 is 8.49. The number of carbonyl (C=O) groups excluding carboxylic acids is 2. The minimum Gasteiger partial charge on any atom is -0.455 e. The van der Waals surface area contributed by atoms with Gasteiger partial charge in [-0.2, -0.15) is 0 Å². The Morgan fingerprint density at radius 3 is 2.79 bits per heavy atom. The van der Waals surface area contributed by atoms with Gasteiger partial charge in [0.15, 0.2) is 0 Å². The molecule has 0 spiro atoms. The van der Waals surface area contributed by atoms with Crippen LogP contribution in [0.1, 0.15) is 16.1 Å². The molecule has 0 unspecified atom stereocenters. The molecule has 0 bridgehead atoms. The van der Waals surface area contributed by atoms with E-state index in [1.165, 1.54) is 11.0 Å². The van der Waals surface area contributed by atoms with E-state index in [1.807, 2.05) is 28.8 Å². The van der Waals surface area contributed by atoms with Gasteiger partial charge in [0, 0.05) is 12.4 Å². The number of rotatable bonds is 6. The second-order valence-electron chi connectivity index (χ2n) is 5.88. The Bertz CT molecular complexity index is 1090. The van der Waals surface area contributed by atoms with Crippen molar-refractivity contribution in [1.29, 1.82) is 0 Å². The number of imidazole rings is 1. The van der Waals surface area contributed by atoms with Gasteiger partial charge in [-0.3, -0.25) is 4.79 Å². The minimum atomic E-state index is -0.560. The summed E-state index contributed by atoms with van der Waals surface area (Å²) in [5.41, 5.74) is 1.99. The van der Waals surface area contributed by atoms with E-state index in [2.05, 4.69) is 25.8 Å². The predicted octanol–water partition coefficient (Wildman–Crippen LogP) is 1.32. The molecule has 1 aromatic carbocycles. The number of benzene rings is 1. The standard InChI is InChI=1S/C18H15N7O3/c26-17(10-25-12-19-22-23-25)21-15-6-2-1-5-14(15)18(27)28-11-13-9-24-8-4-3-7-16(24)20-13/h1-9,12H,10-11H2,(H,21,26). The first kappa shape index (κ1) is 17.3.